The molecule has 136 valence electrons. The number of hydrogen-bond donors (Lipinski definition) is 1. The van der Waals surface area contributed by atoms with Gasteiger partial charge in [-0.25, -0.2) is 14.4 Å². The average molecular weight is 355 g/mol. The fourth-order valence-electron chi connectivity index (χ4n) is 2.67. The number of imidazole rings is 1. The molecule has 3 rings (SSSR count). The average Bonchev–Trinajstić information content (AvgIpc) is 3.11. The number of rotatable bonds is 8. The number of ether oxygens (including phenoxy) is 1. The molecule has 0 aliphatic heterocycles. The van der Waals surface area contributed by atoms with E-state index in [0.29, 0.717) is 35.8 Å². The van der Waals surface area contributed by atoms with Crippen LogP contribution in [-0.4, -0.2) is 32.5 Å². The molecule has 6 nitrogen and oxygen atoms in total. The van der Waals surface area contributed by atoms with E-state index in [4.69, 9.17) is 4.74 Å². The second-order valence-electron chi connectivity index (χ2n) is 5.88. The minimum Gasteiger partial charge on any atom is -0.475 e. The smallest absolute Gasteiger partial charge is 0.258 e. The number of nitrogens with one attached hydrogen (secondary N) is 1. The van der Waals surface area contributed by atoms with Crippen LogP contribution in [-0.2, 0) is 0 Å². The SMILES string of the molecule is C=CCCOc1nc(-c2cc(C(C)NCC)ncc2F)cn2ccnc12. The van der Waals surface area contributed by atoms with Gasteiger partial charge in [-0.15, -0.1) is 6.58 Å². The van der Waals surface area contributed by atoms with Crippen LogP contribution in [0.2, 0.25) is 0 Å². The van der Waals surface area contributed by atoms with Gasteiger partial charge in [0.05, 0.1) is 24.2 Å². The van der Waals surface area contributed by atoms with Gasteiger partial charge < -0.3 is 14.5 Å². The van der Waals surface area contributed by atoms with E-state index in [2.05, 4.69) is 26.8 Å². The predicted molar refractivity (Wildman–Crippen MR) is 98.6 cm³/mol. The van der Waals surface area contributed by atoms with Crippen molar-refractivity contribution in [1.82, 2.24) is 24.7 Å². The molecule has 0 aliphatic carbocycles. The van der Waals surface area contributed by atoms with E-state index in [1.165, 1.54) is 6.20 Å². The minimum atomic E-state index is -0.429. The Morgan fingerprint density at radius 1 is 1.42 bits per heavy atom. The van der Waals surface area contributed by atoms with Crippen molar-refractivity contribution < 1.29 is 9.13 Å². The van der Waals surface area contributed by atoms with Gasteiger partial charge in [-0.2, -0.15) is 0 Å². The van der Waals surface area contributed by atoms with E-state index >= 15 is 0 Å². The van der Waals surface area contributed by atoms with Crippen molar-refractivity contribution in [3.63, 3.8) is 0 Å². The Balaban J connectivity index is 2.04. The van der Waals surface area contributed by atoms with E-state index in [9.17, 15) is 4.39 Å². The zero-order valence-electron chi connectivity index (χ0n) is 14.9. The van der Waals surface area contributed by atoms with Crippen molar-refractivity contribution in [3.05, 3.63) is 55.0 Å². The third-order valence-electron chi connectivity index (χ3n) is 4.01. The zero-order valence-corrected chi connectivity index (χ0v) is 14.9. The van der Waals surface area contributed by atoms with E-state index < -0.39 is 5.82 Å². The summed E-state index contributed by atoms with van der Waals surface area (Å²) in [5.74, 6) is -0.0618. The van der Waals surface area contributed by atoms with Crippen LogP contribution in [0.3, 0.4) is 0 Å². The van der Waals surface area contributed by atoms with Crippen LogP contribution in [0.5, 0.6) is 5.88 Å². The van der Waals surface area contributed by atoms with Crippen LogP contribution in [0.15, 0.2) is 43.5 Å². The number of halogens is 1. The van der Waals surface area contributed by atoms with Crippen LogP contribution in [0, 0.1) is 5.82 Å². The fraction of sp³-hybridized carbons (Fsp3) is 0.316. The molecule has 7 heteroatoms. The van der Waals surface area contributed by atoms with Gasteiger partial charge in [-0.05, 0) is 26.0 Å². The maximum Gasteiger partial charge on any atom is 0.258 e. The van der Waals surface area contributed by atoms with Crippen molar-refractivity contribution in [2.45, 2.75) is 26.3 Å². The first-order chi connectivity index (χ1) is 12.6. The highest BCUT2D eigenvalue weighted by Crippen LogP contribution is 2.27. The van der Waals surface area contributed by atoms with E-state index in [-0.39, 0.29) is 6.04 Å². The summed E-state index contributed by atoms with van der Waals surface area (Å²) in [5.41, 5.74) is 2.19. The molecule has 0 aliphatic rings. The summed E-state index contributed by atoms with van der Waals surface area (Å²) in [6.45, 7) is 8.92. The summed E-state index contributed by atoms with van der Waals surface area (Å²) in [7, 11) is 0. The molecule has 1 unspecified atom stereocenters. The topological polar surface area (TPSA) is 64.3 Å². The van der Waals surface area contributed by atoms with Crippen LogP contribution in [0.1, 0.15) is 32.0 Å². The number of fused-ring (bicyclic) bond motifs is 1. The monoisotopic (exact) mass is 355 g/mol. The normalized spacial score (nSPS) is 12.3. The summed E-state index contributed by atoms with van der Waals surface area (Å²) in [6, 6.07) is 1.74. The Kier molecular flexibility index (Phi) is 5.58. The van der Waals surface area contributed by atoms with Gasteiger partial charge in [0, 0.05) is 30.2 Å². The quantitative estimate of drug-likeness (QED) is 0.494. The molecule has 1 N–H and O–H groups in total. The third kappa shape index (κ3) is 3.72. The van der Waals surface area contributed by atoms with E-state index in [1.54, 1.807) is 35.1 Å². The third-order valence-corrected chi connectivity index (χ3v) is 4.01. The first-order valence-electron chi connectivity index (χ1n) is 8.60. The van der Waals surface area contributed by atoms with Gasteiger partial charge in [-0.3, -0.25) is 4.98 Å². The molecule has 0 saturated heterocycles. The van der Waals surface area contributed by atoms with Crippen LogP contribution < -0.4 is 10.1 Å². The summed E-state index contributed by atoms with van der Waals surface area (Å²) in [6.07, 6.45) is 8.86. The molecule has 3 heterocycles. The molecule has 3 aromatic heterocycles. The van der Waals surface area contributed by atoms with Gasteiger partial charge in [0.2, 0.25) is 5.65 Å². The molecule has 3 aromatic rings. The Morgan fingerprint density at radius 2 is 2.27 bits per heavy atom. The van der Waals surface area contributed by atoms with Gasteiger partial charge in [0.15, 0.2) is 5.82 Å². The van der Waals surface area contributed by atoms with Gasteiger partial charge in [-0.1, -0.05) is 13.0 Å². The number of aromatic nitrogens is 4. The highest BCUT2D eigenvalue weighted by Gasteiger charge is 2.16. The Hall–Kier alpha value is -2.80. The standard InChI is InChI=1S/C19H22FN5O/c1-4-6-9-26-19-18-22-7-8-25(18)12-17(24-19)14-10-16(13(3)21-5-2)23-11-15(14)20/h4,7-8,10-13,21H,1,5-6,9H2,2-3H3. The molecular formula is C19H22FN5O. The maximum absolute atomic E-state index is 14.5. The lowest BCUT2D eigenvalue weighted by atomic mass is 10.1. The second-order valence-corrected chi connectivity index (χ2v) is 5.88. The summed E-state index contributed by atoms with van der Waals surface area (Å²) in [5, 5.41) is 3.28. The lowest BCUT2D eigenvalue weighted by Crippen LogP contribution is -2.19. The molecule has 1 atom stereocenters. The Labute approximate surface area is 151 Å². The largest absolute Gasteiger partial charge is 0.475 e. The molecule has 0 saturated carbocycles. The lowest BCUT2D eigenvalue weighted by Gasteiger charge is -2.14. The van der Waals surface area contributed by atoms with Crippen molar-refractivity contribution in [3.8, 4) is 17.1 Å². The second kappa shape index (κ2) is 8.05. The molecule has 0 bridgehead atoms. The number of hydrogen-bond acceptors (Lipinski definition) is 5. The summed E-state index contributed by atoms with van der Waals surface area (Å²) in [4.78, 5) is 12.9. The molecular weight excluding hydrogens is 333 g/mol. The zero-order chi connectivity index (χ0) is 18.5. The summed E-state index contributed by atoms with van der Waals surface area (Å²) < 4.78 is 22.0. The van der Waals surface area contributed by atoms with Crippen LogP contribution >= 0.6 is 0 Å². The molecule has 0 fully saturated rings. The number of nitrogens with zero attached hydrogens (tertiary/aromatic N) is 4. The lowest BCUT2D eigenvalue weighted by molar-refractivity contribution is 0.315. The minimum absolute atomic E-state index is 0.0136. The van der Waals surface area contributed by atoms with E-state index in [1.807, 2.05) is 13.8 Å². The van der Waals surface area contributed by atoms with Crippen molar-refractivity contribution in [2.24, 2.45) is 0 Å². The Morgan fingerprint density at radius 3 is 3.04 bits per heavy atom. The van der Waals surface area contributed by atoms with Crippen LogP contribution in [0.25, 0.3) is 16.9 Å². The molecule has 0 amide bonds. The highest BCUT2D eigenvalue weighted by atomic mass is 19.1. The fourth-order valence-corrected chi connectivity index (χ4v) is 2.67. The van der Waals surface area contributed by atoms with E-state index in [0.717, 1.165) is 12.2 Å². The highest BCUT2D eigenvalue weighted by molar-refractivity contribution is 5.63. The molecule has 0 radical (unpaired) electrons. The van der Waals surface area contributed by atoms with Gasteiger partial charge in [0.1, 0.15) is 0 Å². The maximum atomic E-state index is 14.5. The van der Waals surface area contributed by atoms with Crippen molar-refractivity contribution in [2.75, 3.05) is 13.2 Å². The van der Waals surface area contributed by atoms with Gasteiger partial charge >= 0.3 is 0 Å². The predicted octanol–water partition coefficient (Wildman–Crippen LogP) is 3.56. The van der Waals surface area contributed by atoms with Gasteiger partial charge in [0.25, 0.3) is 5.88 Å². The molecule has 0 aromatic carbocycles. The summed E-state index contributed by atoms with van der Waals surface area (Å²) >= 11 is 0. The molecule has 26 heavy (non-hydrogen) atoms. The first kappa shape index (κ1) is 18.0. The first-order valence-corrected chi connectivity index (χ1v) is 8.60. The van der Waals surface area contributed by atoms with Crippen molar-refractivity contribution in [1.29, 1.82) is 0 Å². The van der Waals surface area contributed by atoms with Crippen molar-refractivity contribution >= 4 is 5.65 Å². The Bertz CT molecular complexity index is 908. The number of pyridine rings is 1. The van der Waals surface area contributed by atoms with Crippen LogP contribution in [0.4, 0.5) is 4.39 Å². The molecule has 0 spiro atoms.